The molecule has 2 aromatic rings. The lowest BCUT2D eigenvalue weighted by Crippen LogP contribution is -2.31. The summed E-state index contributed by atoms with van der Waals surface area (Å²) in [5.41, 5.74) is -0.114. The summed E-state index contributed by atoms with van der Waals surface area (Å²) in [6.07, 6.45) is -4.24. The normalized spacial score (nSPS) is 11.5. The molecule has 0 unspecified atom stereocenters. The molecule has 0 radical (unpaired) electrons. The van der Waals surface area contributed by atoms with Crippen LogP contribution in [0.3, 0.4) is 0 Å². The van der Waals surface area contributed by atoms with E-state index < -0.39 is 11.7 Å². The molecule has 0 aliphatic rings. The van der Waals surface area contributed by atoms with Gasteiger partial charge in [-0.15, -0.1) is 11.3 Å². The number of rotatable bonds is 5. The van der Waals surface area contributed by atoms with Gasteiger partial charge in [0.25, 0.3) is 0 Å². The predicted molar refractivity (Wildman–Crippen MR) is 80.6 cm³/mol. The van der Waals surface area contributed by atoms with E-state index in [4.69, 9.17) is 0 Å². The number of benzene rings is 1. The lowest BCUT2D eigenvalue weighted by atomic mass is 10.1. The van der Waals surface area contributed by atoms with E-state index in [-0.39, 0.29) is 12.3 Å². The second-order valence-corrected chi connectivity index (χ2v) is 5.89. The molecule has 0 aliphatic carbocycles. The second-order valence-electron chi connectivity index (χ2n) is 4.86. The molecular weight excluding hydrogens is 311 g/mol. The summed E-state index contributed by atoms with van der Waals surface area (Å²) in [5, 5.41) is 1.95. The molecule has 2 nitrogen and oxygen atoms in total. The smallest absolute Gasteiger partial charge is 0.338 e. The van der Waals surface area contributed by atoms with Crippen LogP contribution in [-0.2, 0) is 23.9 Å². The minimum atomic E-state index is -4.35. The van der Waals surface area contributed by atoms with Crippen LogP contribution >= 0.6 is 11.3 Å². The van der Waals surface area contributed by atoms with E-state index >= 15 is 0 Å². The first-order valence-corrected chi connectivity index (χ1v) is 7.74. The number of halogens is 3. The van der Waals surface area contributed by atoms with Crippen LogP contribution in [0.25, 0.3) is 0 Å². The second kappa shape index (κ2) is 6.96. The van der Waals surface area contributed by atoms with E-state index in [0.29, 0.717) is 18.7 Å². The van der Waals surface area contributed by atoms with Gasteiger partial charge in [0.05, 0.1) is 18.5 Å². The standard InChI is InChI=1S/C16H16F3NOS/c1-2-20(11-14-4-3-9-22-14)15(21)10-12-5-7-13(8-6-12)16(17,18)19/h3-9H,2,10-11H2,1H3. The highest BCUT2D eigenvalue weighted by Gasteiger charge is 2.30. The van der Waals surface area contributed by atoms with Crippen LogP contribution in [0.1, 0.15) is 22.9 Å². The van der Waals surface area contributed by atoms with Gasteiger partial charge in [-0.3, -0.25) is 4.79 Å². The number of carbonyl (C=O) groups is 1. The highest BCUT2D eigenvalue weighted by atomic mass is 32.1. The maximum absolute atomic E-state index is 12.5. The van der Waals surface area contributed by atoms with Gasteiger partial charge in [0.15, 0.2) is 0 Å². The molecule has 6 heteroatoms. The third-order valence-corrected chi connectivity index (χ3v) is 4.16. The van der Waals surface area contributed by atoms with Crippen molar-refractivity contribution in [2.45, 2.75) is 26.1 Å². The Balaban J connectivity index is 2.00. The Labute approximate surface area is 131 Å². The maximum Gasteiger partial charge on any atom is 0.416 e. The van der Waals surface area contributed by atoms with Gasteiger partial charge in [0.2, 0.25) is 5.91 Å². The highest BCUT2D eigenvalue weighted by molar-refractivity contribution is 7.09. The molecule has 0 atom stereocenters. The number of carbonyl (C=O) groups excluding carboxylic acids is 1. The molecule has 0 fully saturated rings. The van der Waals surface area contributed by atoms with E-state index in [1.165, 1.54) is 12.1 Å². The lowest BCUT2D eigenvalue weighted by molar-refractivity contribution is -0.137. The van der Waals surface area contributed by atoms with Gasteiger partial charge in [-0.1, -0.05) is 18.2 Å². The van der Waals surface area contributed by atoms with Gasteiger partial charge in [-0.25, -0.2) is 0 Å². The summed E-state index contributed by atoms with van der Waals surface area (Å²) in [5.74, 6) is -0.0874. The van der Waals surface area contributed by atoms with Crippen LogP contribution in [0, 0.1) is 0 Å². The Morgan fingerprint density at radius 1 is 1.18 bits per heavy atom. The summed E-state index contributed by atoms with van der Waals surface area (Å²) < 4.78 is 37.5. The van der Waals surface area contributed by atoms with Crippen LogP contribution in [0.2, 0.25) is 0 Å². The number of thiophene rings is 1. The maximum atomic E-state index is 12.5. The Morgan fingerprint density at radius 3 is 2.36 bits per heavy atom. The summed E-state index contributed by atoms with van der Waals surface area (Å²) in [4.78, 5) is 15.0. The summed E-state index contributed by atoms with van der Waals surface area (Å²) in [6.45, 7) is 2.99. The average Bonchev–Trinajstić information content (AvgIpc) is 2.97. The summed E-state index contributed by atoms with van der Waals surface area (Å²) in [7, 11) is 0. The van der Waals surface area contributed by atoms with Crippen molar-refractivity contribution in [1.29, 1.82) is 0 Å². The minimum absolute atomic E-state index is 0.0874. The number of hydrogen-bond donors (Lipinski definition) is 0. The van der Waals surface area contributed by atoms with Crippen LogP contribution in [0.4, 0.5) is 13.2 Å². The van der Waals surface area contributed by atoms with Gasteiger partial charge in [-0.05, 0) is 36.1 Å². The minimum Gasteiger partial charge on any atom is -0.338 e. The van der Waals surface area contributed by atoms with Crippen molar-refractivity contribution in [3.8, 4) is 0 Å². The Hall–Kier alpha value is -1.82. The molecule has 118 valence electrons. The van der Waals surface area contributed by atoms with Gasteiger partial charge in [0, 0.05) is 11.4 Å². The zero-order valence-electron chi connectivity index (χ0n) is 12.1. The molecule has 1 heterocycles. The monoisotopic (exact) mass is 327 g/mol. The van der Waals surface area contributed by atoms with Crippen molar-refractivity contribution in [1.82, 2.24) is 4.90 Å². The van der Waals surface area contributed by atoms with E-state index in [0.717, 1.165) is 17.0 Å². The fourth-order valence-corrected chi connectivity index (χ4v) is 2.78. The number of likely N-dealkylation sites (N-methyl/N-ethyl adjacent to an activating group) is 1. The van der Waals surface area contributed by atoms with Gasteiger partial charge in [-0.2, -0.15) is 13.2 Å². The SMILES string of the molecule is CCN(Cc1cccs1)C(=O)Cc1ccc(C(F)(F)F)cc1. The third-order valence-electron chi connectivity index (χ3n) is 3.30. The molecule has 0 bridgehead atoms. The predicted octanol–water partition coefficient (Wildman–Crippen LogP) is 4.36. The van der Waals surface area contributed by atoms with Gasteiger partial charge >= 0.3 is 6.18 Å². The molecule has 0 N–H and O–H groups in total. The first-order valence-electron chi connectivity index (χ1n) is 6.86. The van der Waals surface area contributed by atoms with Crippen molar-refractivity contribution in [2.24, 2.45) is 0 Å². The quantitative estimate of drug-likeness (QED) is 0.799. The van der Waals surface area contributed by atoms with Crippen molar-refractivity contribution in [3.63, 3.8) is 0 Å². The number of amides is 1. The highest BCUT2D eigenvalue weighted by Crippen LogP contribution is 2.29. The molecule has 1 amide bonds. The molecule has 0 aliphatic heterocycles. The van der Waals surface area contributed by atoms with E-state index in [2.05, 4.69) is 0 Å². The molecule has 2 rings (SSSR count). The first kappa shape index (κ1) is 16.5. The van der Waals surface area contributed by atoms with Crippen molar-refractivity contribution in [2.75, 3.05) is 6.54 Å². The average molecular weight is 327 g/mol. The largest absolute Gasteiger partial charge is 0.416 e. The van der Waals surface area contributed by atoms with Crippen LogP contribution in [-0.4, -0.2) is 17.4 Å². The number of alkyl halides is 3. The fourth-order valence-electron chi connectivity index (χ4n) is 2.06. The molecule has 1 aromatic carbocycles. The van der Waals surface area contributed by atoms with Crippen molar-refractivity contribution < 1.29 is 18.0 Å². The molecule has 1 aromatic heterocycles. The molecule has 0 saturated carbocycles. The lowest BCUT2D eigenvalue weighted by Gasteiger charge is -2.20. The Kier molecular flexibility index (Phi) is 5.24. The first-order chi connectivity index (χ1) is 10.4. The van der Waals surface area contributed by atoms with Crippen LogP contribution in [0.5, 0.6) is 0 Å². The number of hydrogen-bond acceptors (Lipinski definition) is 2. The molecule has 0 spiro atoms. The van der Waals surface area contributed by atoms with E-state index in [1.54, 1.807) is 16.2 Å². The van der Waals surface area contributed by atoms with E-state index in [9.17, 15) is 18.0 Å². The Bertz CT molecular complexity index is 605. The zero-order valence-corrected chi connectivity index (χ0v) is 12.9. The fraction of sp³-hybridized carbons (Fsp3) is 0.312. The van der Waals surface area contributed by atoms with Crippen molar-refractivity contribution in [3.05, 3.63) is 57.8 Å². The molecule has 22 heavy (non-hydrogen) atoms. The zero-order chi connectivity index (χ0) is 16.2. The molecule has 0 saturated heterocycles. The Morgan fingerprint density at radius 2 is 1.86 bits per heavy atom. The van der Waals surface area contributed by atoms with Crippen LogP contribution in [0.15, 0.2) is 41.8 Å². The topological polar surface area (TPSA) is 20.3 Å². The van der Waals surface area contributed by atoms with Gasteiger partial charge in [0.1, 0.15) is 0 Å². The van der Waals surface area contributed by atoms with Crippen LogP contribution < -0.4 is 0 Å². The molecular formula is C16H16F3NOS. The van der Waals surface area contributed by atoms with Crippen molar-refractivity contribution >= 4 is 17.2 Å². The third kappa shape index (κ3) is 4.34. The van der Waals surface area contributed by atoms with Gasteiger partial charge < -0.3 is 4.90 Å². The number of nitrogens with zero attached hydrogens (tertiary/aromatic N) is 1. The summed E-state index contributed by atoms with van der Waals surface area (Å²) >= 11 is 1.58. The summed E-state index contributed by atoms with van der Waals surface area (Å²) in [6, 6.07) is 8.63. The van der Waals surface area contributed by atoms with E-state index in [1.807, 2.05) is 24.4 Å².